The molecule has 7 heteroatoms. The van der Waals surface area contributed by atoms with Gasteiger partial charge in [-0.3, -0.25) is 9.30 Å². The van der Waals surface area contributed by atoms with Crippen molar-refractivity contribution in [1.82, 2.24) is 9.29 Å². The summed E-state index contributed by atoms with van der Waals surface area (Å²) in [7, 11) is -3.21. The lowest BCUT2D eigenvalue weighted by atomic mass is 10.1. The smallest absolute Gasteiger partial charge is 0.233 e. The van der Waals surface area contributed by atoms with Crippen LogP contribution in [0.1, 0.15) is 5.56 Å². The third-order valence-electron chi connectivity index (χ3n) is 3.27. The van der Waals surface area contributed by atoms with Gasteiger partial charge in [-0.05, 0) is 23.1 Å². The second-order valence-corrected chi connectivity index (χ2v) is 6.62. The molecule has 1 aromatic heterocycles. The third kappa shape index (κ3) is 2.81. The summed E-state index contributed by atoms with van der Waals surface area (Å²) in [6, 6.07) is 8.09. The van der Waals surface area contributed by atoms with Gasteiger partial charge >= 0.3 is 0 Å². The predicted molar refractivity (Wildman–Crippen MR) is 83.1 cm³/mol. The molecule has 0 unspecified atom stereocenters. The number of amidine groups is 1. The molecule has 0 bridgehead atoms. The van der Waals surface area contributed by atoms with Crippen LogP contribution in [0.2, 0.25) is 0 Å². The van der Waals surface area contributed by atoms with Crippen LogP contribution in [0.5, 0.6) is 0 Å². The number of hydrogen-bond acceptors (Lipinski definition) is 3. The Balaban J connectivity index is 0.00000147. The van der Waals surface area contributed by atoms with Crippen molar-refractivity contribution in [3.8, 4) is 0 Å². The Bertz CT molecular complexity index is 752. The maximum Gasteiger partial charge on any atom is 0.233 e. The number of fused-ring (bicyclic) bond motifs is 1. The summed E-state index contributed by atoms with van der Waals surface area (Å²) in [5, 5.41) is 1.15. The minimum atomic E-state index is -3.21. The molecule has 5 nitrogen and oxygen atoms in total. The number of nitrogens with zero attached hydrogens (tertiary/aromatic N) is 2. The molecule has 2 heterocycles. The fourth-order valence-corrected chi connectivity index (χ4v) is 3.29. The maximum atomic E-state index is 11.6. The summed E-state index contributed by atoms with van der Waals surface area (Å²) in [5.41, 5.74) is 2.12. The molecule has 20 heavy (non-hydrogen) atoms. The van der Waals surface area contributed by atoms with Crippen LogP contribution in [0, 0.1) is 0 Å². The van der Waals surface area contributed by atoms with Crippen LogP contribution < -0.4 is 0 Å². The first-order chi connectivity index (χ1) is 9.04. The van der Waals surface area contributed by atoms with E-state index in [-0.39, 0.29) is 12.4 Å². The van der Waals surface area contributed by atoms with Crippen LogP contribution in [0.3, 0.4) is 0 Å². The molecule has 1 aliphatic rings. The molecular weight excluding hydrogens is 298 g/mol. The summed E-state index contributed by atoms with van der Waals surface area (Å²) in [5.74, 6) is 0.633. The molecule has 0 spiro atoms. The largest absolute Gasteiger partial charge is 0.361 e. The normalized spacial score (nSPS) is 15.2. The van der Waals surface area contributed by atoms with Crippen LogP contribution in [-0.2, 0) is 16.4 Å². The zero-order chi connectivity index (χ0) is 13.5. The summed E-state index contributed by atoms with van der Waals surface area (Å²) < 4.78 is 24.7. The van der Waals surface area contributed by atoms with Gasteiger partial charge in [0.15, 0.2) is 0 Å². The average molecular weight is 314 g/mol. The van der Waals surface area contributed by atoms with Crippen LogP contribution in [0.4, 0.5) is 0 Å². The number of rotatable bonds is 3. The highest BCUT2D eigenvalue weighted by atomic mass is 35.5. The van der Waals surface area contributed by atoms with E-state index in [1.54, 1.807) is 0 Å². The lowest BCUT2D eigenvalue weighted by Gasteiger charge is -2.17. The predicted octanol–water partition coefficient (Wildman–Crippen LogP) is 1.81. The molecule has 0 amide bonds. The van der Waals surface area contributed by atoms with Crippen LogP contribution in [0.15, 0.2) is 35.5 Å². The number of hydrogen-bond donors (Lipinski definition) is 1. The zero-order valence-corrected chi connectivity index (χ0v) is 12.7. The van der Waals surface area contributed by atoms with Gasteiger partial charge < -0.3 is 4.98 Å². The number of aromatic amines is 1. The quantitative estimate of drug-likeness (QED) is 0.939. The summed E-state index contributed by atoms with van der Waals surface area (Å²) >= 11 is 0. The number of sulfonamides is 1. The Morgan fingerprint density at radius 3 is 2.90 bits per heavy atom. The van der Waals surface area contributed by atoms with Gasteiger partial charge in [-0.25, -0.2) is 8.42 Å². The highest BCUT2D eigenvalue weighted by molar-refractivity contribution is 7.88. The number of halogens is 1. The fourth-order valence-electron chi connectivity index (χ4n) is 2.37. The highest BCUT2D eigenvalue weighted by Crippen LogP contribution is 2.17. The highest BCUT2D eigenvalue weighted by Gasteiger charge is 2.24. The number of aromatic nitrogens is 1. The Morgan fingerprint density at radius 2 is 2.15 bits per heavy atom. The van der Waals surface area contributed by atoms with E-state index < -0.39 is 10.0 Å². The molecule has 0 atom stereocenters. The average Bonchev–Trinajstić information content (AvgIpc) is 2.95. The maximum absolute atomic E-state index is 11.6. The summed E-state index contributed by atoms with van der Waals surface area (Å²) in [6.45, 7) is 1.01. The molecule has 0 aliphatic carbocycles. The van der Waals surface area contributed by atoms with Gasteiger partial charge in [0, 0.05) is 18.1 Å². The molecule has 2 aromatic rings. The number of nitrogens with one attached hydrogen (secondary N) is 1. The molecule has 0 saturated carbocycles. The molecule has 0 fully saturated rings. The number of H-pyrrole nitrogens is 1. The molecule has 1 aromatic carbocycles. The Hall–Kier alpha value is -1.53. The van der Waals surface area contributed by atoms with E-state index in [4.69, 9.17) is 0 Å². The van der Waals surface area contributed by atoms with Gasteiger partial charge in [0.2, 0.25) is 10.0 Å². The second kappa shape index (κ2) is 5.46. The van der Waals surface area contributed by atoms with Gasteiger partial charge in [-0.1, -0.05) is 12.1 Å². The molecule has 108 valence electrons. The Morgan fingerprint density at radius 1 is 1.35 bits per heavy atom. The van der Waals surface area contributed by atoms with E-state index in [0.29, 0.717) is 25.3 Å². The lowest BCUT2D eigenvalue weighted by Crippen LogP contribution is -2.34. The van der Waals surface area contributed by atoms with Gasteiger partial charge in [0.1, 0.15) is 5.84 Å². The van der Waals surface area contributed by atoms with Crippen molar-refractivity contribution in [3.63, 3.8) is 0 Å². The van der Waals surface area contributed by atoms with E-state index in [1.165, 1.54) is 10.6 Å². The number of aliphatic imine (C=N–C) groups is 1. The molecule has 1 N–H and O–H groups in total. The Labute approximate surface area is 124 Å². The van der Waals surface area contributed by atoms with E-state index in [2.05, 4.69) is 9.98 Å². The van der Waals surface area contributed by atoms with Gasteiger partial charge in [0.25, 0.3) is 0 Å². The molecule has 1 aliphatic heterocycles. The van der Waals surface area contributed by atoms with Crippen molar-refractivity contribution in [2.75, 3.05) is 19.3 Å². The van der Waals surface area contributed by atoms with Crippen LogP contribution in [0.25, 0.3) is 10.9 Å². The van der Waals surface area contributed by atoms with E-state index in [9.17, 15) is 8.42 Å². The first-order valence-corrected chi connectivity index (χ1v) is 7.96. The second-order valence-electron chi connectivity index (χ2n) is 4.71. The van der Waals surface area contributed by atoms with Crippen molar-refractivity contribution < 1.29 is 8.42 Å². The van der Waals surface area contributed by atoms with Crippen molar-refractivity contribution in [2.24, 2.45) is 4.99 Å². The van der Waals surface area contributed by atoms with Crippen molar-refractivity contribution >= 4 is 39.2 Å². The topological polar surface area (TPSA) is 65.5 Å². The fraction of sp³-hybridized carbons (Fsp3) is 0.308. The van der Waals surface area contributed by atoms with Crippen molar-refractivity contribution in [2.45, 2.75) is 6.42 Å². The van der Waals surface area contributed by atoms with Gasteiger partial charge in [0.05, 0.1) is 19.3 Å². The van der Waals surface area contributed by atoms with Crippen molar-refractivity contribution in [1.29, 1.82) is 0 Å². The molecule has 3 rings (SSSR count). The lowest BCUT2D eigenvalue weighted by molar-refractivity contribution is 0.542. The van der Waals surface area contributed by atoms with Gasteiger partial charge in [-0.15, -0.1) is 12.4 Å². The standard InChI is InChI=1S/C13H15N3O2S.ClH/c1-19(17,18)16-7-6-15-13(16)9-10-2-3-11-4-5-14-12(11)8-10;/h2-5,8,14H,6-7,9H2,1H3;1H. The summed E-state index contributed by atoms with van der Waals surface area (Å²) in [6.07, 6.45) is 3.66. The molecule has 0 radical (unpaired) electrons. The SMILES string of the molecule is CS(=O)(=O)N1CCN=C1Cc1ccc2cc[nH]c2c1.Cl. The van der Waals surface area contributed by atoms with E-state index in [0.717, 1.165) is 16.5 Å². The zero-order valence-electron chi connectivity index (χ0n) is 11.0. The van der Waals surface area contributed by atoms with E-state index >= 15 is 0 Å². The van der Waals surface area contributed by atoms with E-state index in [1.807, 2.05) is 30.5 Å². The minimum absolute atomic E-state index is 0. The molecular formula is C13H16ClN3O2S. The van der Waals surface area contributed by atoms with Crippen molar-refractivity contribution in [3.05, 3.63) is 36.0 Å². The van der Waals surface area contributed by atoms with Gasteiger partial charge in [-0.2, -0.15) is 0 Å². The first-order valence-electron chi connectivity index (χ1n) is 6.11. The monoisotopic (exact) mass is 313 g/mol. The minimum Gasteiger partial charge on any atom is -0.361 e. The first kappa shape index (κ1) is 14.9. The number of benzene rings is 1. The molecule has 0 saturated heterocycles. The van der Waals surface area contributed by atoms with Crippen LogP contribution >= 0.6 is 12.4 Å². The summed E-state index contributed by atoms with van der Waals surface area (Å²) in [4.78, 5) is 7.45. The third-order valence-corrected chi connectivity index (χ3v) is 4.46. The van der Waals surface area contributed by atoms with Crippen LogP contribution in [-0.4, -0.2) is 42.9 Å². The Kier molecular flexibility index (Phi) is 4.06.